The van der Waals surface area contributed by atoms with Crippen LogP contribution in [0.2, 0.25) is 5.15 Å². The second-order valence-electron chi connectivity index (χ2n) is 2.67. The van der Waals surface area contributed by atoms with Gasteiger partial charge in [-0.3, -0.25) is 4.98 Å². The maximum Gasteiger partial charge on any atom is 0.280 e. The third-order valence-electron chi connectivity index (χ3n) is 1.54. The lowest BCUT2D eigenvalue weighted by atomic mass is 10.4. The summed E-state index contributed by atoms with van der Waals surface area (Å²) in [5, 5.41) is 2.70. The summed E-state index contributed by atoms with van der Waals surface area (Å²) in [6.07, 6.45) is 1.66. The lowest BCUT2D eigenvalue weighted by molar-refractivity contribution is 0.476. The highest BCUT2D eigenvalue weighted by atomic mass is 35.5. The topological polar surface area (TPSA) is 35.0 Å². The summed E-state index contributed by atoms with van der Waals surface area (Å²) in [5.74, 6) is 0.668. The second-order valence-corrected chi connectivity index (χ2v) is 3.88. The van der Waals surface area contributed by atoms with Gasteiger partial charge in [-0.25, -0.2) is 0 Å². The van der Waals surface area contributed by atoms with Gasteiger partial charge in [0.05, 0.1) is 6.20 Å². The first-order valence-corrected chi connectivity index (χ1v) is 5.21. The SMILES string of the molecule is Cc1ccc(Oc2nc(Cl)cs2)cn1. The highest BCUT2D eigenvalue weighted by molar-refractivity contribution is 7.11. The average Bonchev–Trinajstić information content (AvgIpc) is 2.56. The Balaban J connectivity index is 2.15. The third kappa shape index (κ3) is 2.21. The first-order valence-electron chi connectivity index (χ1n) is 3.95. The van der Waals surface area contributed by atoms with Crippen LogP contribution >= 0.6 is 22.9 Å². The molecule has 0 saturated carbocycles. The average molecular weight is 227 g/mol. The summed E-state index contributed by atoms with van der Waals surface area (Å²) >= 11 is 7.01. The van der Waals surface area contributed by atoms with Crippen molar-refractivity contribution in [1.29, 1.82) is 0 Å². The zero-order valence-corrected chi connectivity index (χ0v) is 8.97. The van der Waals surface area contributed by atoms with E-state index >= 15 is 0 Å². The molecule has 2 aromatic heterocycles. The summed E-state index contributed by atoms with van der Waals surface area (Å²) in [6, 6.07) is 3.72. The van der Waals surface area contributed by atoms with Crippen molar-refractivity contribution in [2.24, 2.45) is 0 Å². The molecule has 5 heteroatoms. The van der Waals surface area contributed by atoms with Crippen LogP contribution in [-0.2, 0) is 0 Å². The van der Waals surface area contributed by atoms with E-state index in [0.717, 1.165) is 5.69 Å². The van der Waals surface area contributed by atoms with E-state index in [1.54, 1.807) is 11.6 Å². The van der Waals surface area contributed by atoms with Gasteiger partial charge >= 0.3 is 0 Å². The Morgan fingerprint density at radius 2 is 2.29 bits per heavy atom. The highest BCUT2D eigenvalue weighted by Crippen LogP contribution is 2.26. The predicted octanol–water partition coefficient (Wildman–Crippen LogP) is 3.29. The number of halogens is 1. The number of rotatable bonds is 2. The molecule has 14 heavy (non-hydrogen) atoms. The van der Waals surface area contributed by atoms with Gasteiger partial charge in [-0.2, -0.15) is 4.98 Å². The van der Waals surface area contributed by atoms with Crippen LogP contribution in [0, 0.1) is 6.92 Å². The van der Waals surface area contributed by atoms with Crippen LogP contribution in [0.5, 0.6) is 10.9 Å². The van der Waals surface area contributed by atoms with Crippen LogP contribution in [0.15, 0.2) is 23.7 Å². The van der Waals surface area contributed by atoms with Gasteiger partial charge in [0.2, 0.25) is 0 Å². The molecule has 0 aliphatic carbocycles. The molecule has 2 aromatic rings. The number of aromatic nitrogens is 2. The molecule has 0 aromatic carbocycles. The zero-order chi connectivity index (χ0) is 9.97. The van der Waals surface area contributed by atoms with Crippen LogP contribution in [0.4, 0.5) is 0 Å². The van der Waals surface area contributed by atoms with Gasteiger partial charge in [0.15, 0.2) is 0 Å². The normalized spacial score (nSPS) is 10.1. The van der Waals surface area contributed by atoms with Crippen molar-refractivity contribution >= 4 is 22.9 Å². The fourth-order valence-corrected chi connectivity index (χ4v) is 1.71. The number of pyridine rings is 1. The first kappa shape index (κ1) is 9.43. The van der Waals surface area contributed by atoms with Crippen LogP contribution < -0.4 is 4.74 Å². The third-order valence-corrected chi connectivity index (χ3v) is 2.58. The van der Waals surface area contributed by atoms with Crippen LogP contribution in [0.3, 0.4) is 0 Å². The predicted molar refractivity (Wildman–Crippen MR) is 56.2 cm³/mol. The monoisotopic (exact) mass is 226 g/mol. The molecule has 0 aliphatic heterocycles. The van der Waals surface area contributed by atoms with Gasteiger partial charge in [0.1, 0.15) is 10.9 Å². The summed E-state index contributed by atoms with van der Waals surface area (Å²) in [4.78, 5) is 8.06. The summed E-state index contributed by atoms with van der Waals surface area (Å²) in [6.45, 7) is 1.92. The Kier molecular flexibility index (Phi) is 2.65. The number of aryl methyl sites for hydroxylation is 1. The van der Waals surface area contributed by atoms with Gasteiger partial charge in [0, 0.05) is 11.1 Å². The smallest absolute Gasteiger partial charge is 0.280 e. The van der Waals surface area contributed by atoms with Crippen molar-refractivity contribution in [1.82, 2.24) is 9.97 Å². The summed E-state index contributed by atoms with van der Waals surface area (Å²) < 4.78 is 5.41. The Bertz CT molecular complexity index is 427. The number of hydrogen-bond donors (Lipinski definition) is 0. The van der Waals surface area contributed by atoms with Crippen molar-refractivity contribution < 1.29 is 4.74 Å². The van der Waals surface area contributed by atoms with Crippen molar-refractivity contribution in [2.75, 3.05) is 0 Å². The van der Waals surface area contributed by atoms with E-state index in [-0.39, 0.29) is 0 Å². The van der Waals surface area contributed by atoms with Crippen molar-refractivity contribution in [3.05, 3.63) is 34.6 Å². The minimum atomic E-state index is 0.449. The van der Waals surface area contributed by atoms with Gasteiger partial charge in [0.25, 0.3) is 5.19 Å². The van der Waals surface area contributed by atoms with Crippen LogP contribution in [-0.4, -0.2) is 9.97 Å². The maximum atomic E-state index is 5.66. The molecule has 0 radical (unpaired) electrons. The molecule has 0 fully saturated rings. The van der Waals surface area contributed by atoms with E-state index in [1.807, 2.05) is 19.1 Å². The van der Waals surface area contributed by atoms with Gasteiger partial charge in [-0.05, 0) is 19.1 Å². The molecule has 0 atom stereocenters. The lowest BCUT2D eigenvalue weighted by Gasteiger charge is -2.00. The molecule has 0 bridgehead atoms. The molecule has 2 rings (SSSR count). The van der Waals surface area contributed by atoms with Gasteiger partial charge < -0.3 is 4.74 Å². The van der Waals surface area contributed by atoms with E-state index in [1.165, 1.54) is 11.3 Å². The van der Waals surface area contributed by atoms with Crippen LogP contribution in [0.25, 0.3) is 0 Å². The quantitative estimate of drug-likeness (QED) is 0.788. The molecule has 0 unspecified atom stereocenters. The molecular formula is C9H7ClN2OS. The van der Waals surface area contributed by atoms with Gasteiger partial charge in [-0.1, -0.05) is 22.9 Å². The fourth-order valence-electron chi connectivity index (χ4n) is 0.901. The molecule has 0 saturated heterocycles. The summed E-state index contributed by atoms with van der Waals surface area (Å²) in [7, 11) is 0. The van der Waals surface area contributed by atoms with Crippen molar-refractivity contribution in [3.63, 3.8) is 0 Å². The van der Waals surface area contributed by atoms with Crippen LogP contribution in [0.1, 0.15) is 5.69 Å². The Labute approximate surface area is 90.3 Å². The second kappa shape index (κ2) is 3.94. The van der Waals surface area contributed by atoms with E-state index in [2.05, 4.69) is 9.97 Å². The van der Waals surface area contributed by atoms with E-state index in [4.69, 9.17) is 16.3 Å². The zero-order valence-electron chi connectivity index (χ0n) is 7.40. The summed E-state index contributed by atoms with van der Waals surface area (Å²) in [5.41, 5.74) is 0.953. The lowest BCUT2D eigenvalue weighted by Crippen LogP contribution is -1.85. The first-order chi connectivity index (χ1) is 6.74. The Morgan fingerprint density at radius 1 is 1.43 bits per heavy atom. The van der Waals surface area contributed by atoms with Gasteiger partial charge in [-0.15, -0.1) is 0 Å². The molecule has 0 amide bonds. The van der Waals surface area contributed by atoms with E-state index < -0.39 is 0 Å². The minimum absolute atomic E-state index is 0.449. The molecule has 0 spiro atoms. The molecule has 72 valence electrons. The number of ether oxygens (including phenoxy) is 1. The maximum absolute atomic E-state index is 5.66. The fraction of sp³-hybridized carbons (Fsp3) is 0.111. The molecule has 3 nitrogen and oxygen atoms in total. The van der Waals surface area contributed by atoms with E-state index in [0.29, 0.717) is 16.1 Å². The molecule has 0 aliphatic rings. The highest BCUT2D eigenvalue weighted by Gasteiger charge is 2.02. The molecule has 2 heterocycles. The standard InChI is InChI=1S/C9H7ClN2OS/c1-6-2-3-7(4-11-6)13-9-12-8(10)5-14-9/h2-5H,1H3. The number of nitrogens with zero attached hydrogens (tertiary/aromatic N) is 2. The Morgan fingerprint density at radius 3 is 2.86 bits per heavy atom. The molecule has 0 N–H and O–H groups in total. The molecular weight excluding hydrogens is 220 g/mol. The van der Waals surface area contributed by atoms with E-state index in [9.17, 15) is 0 Å². The van der Waals surface area contributed by atoms with Crippen molar-refractivity contribution in [2.45, 2.75) is 6.92 Å². The largest absolute Gasteiger partial charge is 0.429 e. The number of thiazole rings is 1. The Hall–Kier alpha value is -1.13. The van der Waals surface area contributed by atoms with Crippen molar-refractivity contribution in [3.8, 4) is 10.9 Å². The minimum Gasteiger partial charge on any atom is -0.429 e. The number of hydrogen-bond acceptors (Lipinski definition) is 4.